The molecule has 1 N–H and O–H groups in total. The van der Waals surface area contributed by atoms with Crippen LogP contribution < -0.4 is 5.32 Å². The van der Waals surface area contributed by atoms with Crippen molar-refractivity contribution in [2.75, 3.05) is 7.05 Å². The van der Waals surface area contributed by atoms with Crippen LogP contribution in [0.2, 0.25) is 0 Å². The van der Waals surface area contributed by atoms with E-state index in [-0.39, 0.29) is 6.04 Å². The van der Waals surface area contributed by atoms with Gasteiger partial charge in [-0.05, 0) is 54.9 Å². The molecule has 0 fully saturated rings. The lowest BCUT2D eigenvalue weighted by atomic mass is 9.98. The second-order valence-electron chi connectivity index (χ2n) is 4.34. The van der Waals surface area contributed by atoms with Crippen LogP contribution in [-0.4, -0.2) is 7.05 Å². The summed E-state index contributed by atoms with van der Waals surface area (Å²) in [4.78, 5) is 0. The van der Waals surface area contributed by atoms with Gasteiger partial charge in [-0.2, -0.15) is 0 Å². The number of aryl methyl sites for hydroxylation is 1. The summed E-state index contributed by atoms with van der Waals surface area (Å²) in [6.45, 7) is 2.11. The molecule has 0 saturated carbocycles. The van der Waals surface area contributed by atoms with Crippen molar-refractivity contribution in [2.24, 2.45) is 0 Å². The second-order valence-corrected chi connectivity index (χ2v) is 6.17. The summed E-state index contributed by atoms with van der Waals surface area (Å²) in [7, 11) is 1.99. The Balaban J connectivity index is 2.41. The van der Waals surface area contributed by atoms with Gasteiger partial charge in [0.15, 0.2) is 0 Å². The fourth-order valence-electron chi connectivity index (χ4n) is 2.11. The molecule has 0 amide bonds. The van der Waals surface area contributed by atoms with Crippen molar-refractivity contribution >= 4 is 31.9 Å². The summed E-state index contributed by atoms with van der Waals surface area (Å²) in [5.41, 5.74) is 3.79. The minimum atomic E-state index is 0.217. The van der Waals surface area contributed by atoms with Gasteiger partial charge >= 0.3 is 0 Å². The van der Waals surface area contributed by atoms with Gasteiger partial charge in [0.05, 0.1) is 6.04 Å². The van der Waals surface area contributed by atoms with Gasteiger partial charge < -0.3 is 5.32 Å². The molecular weight excluding hydrogens is 354 g/mol. The quantitative estimate of drug-likeness (QED) is 0.818. The van der Waals surface area contributed by atoms with E-state index in [4.69, 9.17) is 0 Å². The topological polar surface area (TPSA) is 12.0 Å². The van der Waals surface area contributed by atoms with Crippen LogP contribution >= 0.6 is 31.9 Å². The van der Waals surface area contributed by atoms with Gasteiger partial charge in [0.1, 0.15) is 0 Å². The molecular formula is C15H15Br2N. The van der Waals surface area contributed by atoms with Crippen LogP contribution in [0.4, 0.5) is 0 Å². The van der Waals surface area contributed by atoms with E-state index in [1.807, 2.05) is 7.05 Å². The van der Waals surface area contributed by atoms with Crippen molar-refractivity contribution in [3.05, 3.63) is 68.1 Å². The maximum absolute atomic E-state index is 3.56. The maximum atomic E-state index is 3.56. The van der Waals surface area contributed by atoms with Crippen LogP contribution in [0.1, 0.15) is 22.7 Å². The molecule has 0 aliphatic carbocycles. The van der Waals surface area contributed by atoms with Gasteiger partial charge in [-0.15, -0.1) is 0 Å². The molecule has 2 aromatic carbocycles. The van der Waals surface area contributed by atoms with E-state index in [2.05, 4.69) is 86.6 Å². The van der Waals surface area contributed by atoms with E-state index in [9.17, 15) is 0 Å². The Kier molecular flexibility index (Phi) is 4.60. The molecule has 0 spiro atoms. The molecule has 2 aromatic rings. The Hall–Kier alpha value is -0.640. The minimum absolute atomic E-state index is 0.217. The van der Waals surface area contributed by atoms with E-state index >= 15 is 0 Å². The standard InChI is InChI=1S/C15H15Br2N/c1-10-7-12(9-14(17)8-10)15(18-2)11-3-5-13(16)6-4-11/h3-9,15,18H,1-2H3. The predicted octanol–water partition coefficient (Wildman–Crippen LogP) is 4.83. The van der Waals surface area contributed by atoms with Crippen LogP contribution in [0.3, 0.4) is 0 Å². The van der Waals surface area contributed by atoms with Crippen molar-refractivity contribution in [1.82, 2.24) is 5.32 Å². The van der Waals surface area contributed by atoms with Crippen LogP contribution in [0.5, 0.6) is 0 Å². The lowest BCUT2D eigenvalue weighted by Crippen LogP contribution is -2.17. The molecule has 3 heteroatoms. The minimum Gasteiger partial charge on any atom is -0.309 e. The maximum Gasteiger partial charge on any atom is 0.0574 e. The van der Waals surface area contributed by atoms with Gasteiger partial charge in [-0.1, -0.05) is 50.1 Å². The molecule has 0 radical (unpaired) electrons. The Labute approximate surface area is 125 Å². The van der Waals surface area contributed by atoms with Gasteiger partial charge in [-0.3, -0.25) is 0 Å². The smallest absolute Gasteiger partial charge is 0.0574 e. The normalized spacial score (nSPS) is 12.4. The molecule has 0 heterocycles. The van der Waals surface area contributed by atoms with Crippen molar-refractivity contribution in [1.29, 1.82) is 0 Å². The van der Waals surface area contributed by atoms with E-state index in [1.165, 1.54) is 16.7 Å². The van der Waals surface area contributed by atoms with Crippen LogP contribution in [0.15, 0.2) is 51.4 Å². The number of hydrogen-bond acceptors (Lipinski definition) is 1. The fraction of sp³-hybridized carbons (Fsp3) is 0.200. The summed E-state index contributed by atoms with van der Waals surface area (Å²) in [5, 5.41) is 3.37. The first-order valence-corrected chi connectivity index (χ1v) is 7.38. The summed E-state index contributed by atoms with van der Waals surface area (Å²) >= 11 is 7.03. The molecule has 18 heavy (non-hydrogen) atoms. The van der Waals surface area contributed by atoms with E-state index in [0.29, 0.717) is 0 Å². The lowest BCUT2D eigenvalue weighted by Gasteiger charge is -2.18. The Morgan fingerprint density at radius 3 is 2.11 bits per heavy atom. The van der Waals surface area contributed by atoms with Crippen molar-refractivity contribution in [3.8, 4) is 0 Å². The first-order valence-electron chi connectivity index (χ1n) is 5.80. The Morgan fingerprint density at radius 2 is 1.56 bits per heavy atom. The number of halogens is 2. The predicted molar refractivity (Wildman–Crippen MR) is 83.9 cm³/mol. The number of nitrogens with one attached hydrogen (secondary N) is 1. The third-order valence-electron chi connectivity index (χ3n) is 2.89. The van der Waals surface area contributed by atoms with Crippen molar-refractivity contribution < 1.29 is 0 Å². The number of hydrogen-bond donors (Lipinski definition) is 1. The summed E-state index contributed by atoms with van der Waals surface area (Å²) in [6, 6.07) is 15.1. The molecule has 2 rings (SSSR count). The highest BCUT2D eigenvalue weighted by molar-refractivity contribution is 9.10. The molecule has 0 bridgehead atoms. The molecule has 1 nitrogen and oxygen atoms in total. The first kappa shape index (κ1) is 13.8. The van der Waals surface area contributed by atoms with Crippen molar-refractivity contribution in [2.45, 2.75) is 13.0 Å². The fourth-order valence-corrected chi connectivity index (χ4v) is 3.00. The SMILES string of the molecule is CNC(c1ccc(Br)cc1)c1cc(C)cc(Br)c1. The highest BCUT2D eigenvalue weighted by Crippen LogP contribution is 2.26. The summed E-state index contributed by atoms with van der Waals surface area (Å²) < 4.78 is 2.22. The van der Waals surface area contributed by atoms with E-state index < -0.39 is 0 Å². The third kappa shape index (κ3) is 3.22. The zero-order valence-corrected chi connectivity index (χ0v) is 13.5. The molecule has 0 saturated heterocycles. The molecule has 0 aromatic heterocycles. The van der Waals surface area contributed by atoms with Crippen LogP contribution in [0, 0.1) is 6.92 Å². The average molecular weight is 369 g/mol. The monoisotopic (exact) mass is 367 g/mol. The first-order chi connectivity index (χ1) is 8.60. The Bertz CT molecular complexity index is 514. The highest BCUT2D eigenvalue weighted by atomic mass is 79.9. The summed E-state index contributed by atoms with van der Waals surface area (Å²) in [5.74, 6) is 0. The summed E-state index contributed by atoms with van der Waals surface area (Å²) in [6.07, 6.45) is 0. The second kappa shape index (κ2) is 6.00. The Morgan fingerprint density at radius 1 is 0.889 bits per heavy atom. The molecule has 94 valence electrons. The third-order valence-corrected chi connectivity index (χ3v) is 3.88. The largest absolute Gasteiger partial charge is 0.309 e. The van der Waals surface area contributed by atoms with Crippen LogP contribution in [-0.2, 0) is 0 Å². The number of rotatable bonds is 3. The van der Waals surface area contributed by atoms with Crippen molar-refractivity contribution in [3.63, 3.8) is 0 Å². The van der Waals surface area contributed by atoms with Gasteiger partial charge in [0.2, 0.25) is 0 Å². The van der Waals surface area contributed by atoms with E-state index in [1.54, 1.807) is 0 Å². The molecule has 0 aliphatic rings. The van der Waals surface area contributed by atoms with E-state index in [0.717, 1.165) is 8.95 Å². The molecule has 0 aliphatic heterocycles. The molecule has 1 atom stereocenters. The lowest BCUT2D eigenvalue weighted by molar-refractivity contribution is 0.691. The van der Waals surface area contributed by atoms with Gasteiger partial charge in [-0.25, -0.2) is 0 Å². The van der Waals surface area contributed by atoms with Crippen LogP contribution in [0.25, 0.3) is 0 Å². The zero-order chi connectivity index (χ0) is 13.1. The number of benzene rings is 2. The molecule has 1 unspecified atom stereocenters. The van der Waals surface area contributed by atoms with Gasteiger partial charge in [0.25, 0.3) is 0 Å². The zero-order valence-electron chi connectivity index (χ0n) is 10.4. The highest BCUT2D eigenvalue weighted by Gasteiger charge is 2.12. The average Bonchev–Trinajstić information content (AvgIpc) is 2.31. The van der Waals surface area contributed by atoms with Gasteiger partial charge in [0, 0.05) is 8.95 Å².